The van der Waals surface area contributed by atoms with Gasteiger partial charge in [-0.15, -0.1) is 0 Å². The average Bonchev–Trinajstić information content (AvgIpc) is 2.64. The SMILES string of the molecule is CC(=O)OCC(COCC(C)(C)CO)N(C)C(=O)NCc1cccc(F)c1Cl. The molecule has 0 saturated heterocycles. The second-order valence-corrected chi connectivity index (χ2v) is 7.65. The Morgan fingerprint density at radius 3 is 2.64 bits per heavy atom. The zero-order valence-corrected chi connectivity index (χ0v) is 17.4. The first kappa shape index (κ1) is 24.1. The molecule has 0 fully saturated rings. The average molecular weight is 419 g/mol. The number of esters is 1. The number of urea groups is 1. The number of aliphatic hydroxyl groups excluding tert-OH is 1. The summed E-state index contributed by atoms with van der Waals surface area (Å²) < 4.78 is 24.1. The zero-order chi connectivity index (χ0) is 21.3. The minimum Gasteiger partial charge on any atom is -0.464 e. The Bertz CT molecular complexity index is 672. The molecule has 9 heteroatoms. The van der Waals surface area contributed by atoms with Crippen molar-refractivity contribution in [1.82, 2.24) is 10.2 Å². The second-order valence-electron chi connectivity index (χ2n) is 7.28. The van der Waals surface area contributed by atoms with E-state index in [-0.39, 0.29) is 38.0 Å². The number of halogens is 2. The molecular weight excluding hydrogens is 391 g/mol. The number of rotatable bonds is 10. The van der Waals surface area contributed by atoms with Crippen molar-refractivity contribution in [3.63, 3.8) is 0 Å². The van der Waals surface area contributed by atoms with Gasteiger partial charge >= 0.3 is 12.0 Å². The van der Waals surface area contributed by atoms with Gasteiger partial charge in [0.25, 0.3) is 0 Å². The number of hydrogen-bond acceptors (Lipinski definition) is 5. The molecule has 0 aliphatic rings. The Hall–Kier alpha value is -1.90. The summed E-state index contributed by atoms with van der Waals surface area (Å²) in [7, 11) is 1.54. The molecule has 0 aliphatic heterocycles. The summed E-state index contributed by atoms with van der Waals surface area (Å²) in [4.78, 5) is 24.9. The summed E-state index contributed by atoms with van der Waals surface area (Å²) >= 11 is 5.89. The van der Waals surface area contributed by atoms with Crippen LogP contribution in [0.2, 0.25) is 5.02 Å². The van der Waals surface area contributed by atoms with E-state index in [0.29, 0.717) is 5.56 Å². The molecule has 0 aromatic heterocycles. The fraction of sp³-hybridized carbons (Fsp3) is 0.579. The van der Waals surface area contributed by atoms with Crippen LogP contribution in [0.5, 0.6) is 0 Å². The van der Waals surface area contributed by atoms with Crippen LogP contribution in [0.25, 0.3) is 0 Å². The van der Waals surface area contributed by atoms with E-state index in [0.717, 1.165) is 0 Å². The molecule has 0 saturated carbocycles. The van der Waals surface area contributed by atoms with E-state index in [1.807, 2.05) is 13.8 Å². The molecule has 0 heterocycles. The summed E-state index contributed by atoms with van der Waals surface area (Å²) in [5, 5.41) is 11.9. The van der Waals surface area contributed by atoms with Gasteiger partial charge in [0.2, 0.25) is 0 Å². The van der Waals surface area contributed by atoms with Gasteiger partial charge in [0.05, 0.1) is 30.9 Å². The van der Waals surface area contributed by atoms with E-state index < -0.39 is 29.3 Å². The number of benzene rings is 1. The normalized spacial score (nSPS) is 12.4. The summed E-state index contributed by atoms with van der Waals surface area (Å²) in [6.45, 7) is 5.29. The first-order valence-electron chi connectivity index (χ1n) is 8.83. The van der Waals surface area contributed by atoms with Gasteiger partial charge in [-0.3, -0.25) is 4.79 Å². The molecule has 1 atom stereocenters. The Labute approximate surface area is 169 Å². The maximum absolute atomic E-state index is 13.5. The molecule has 0 aliphatic carbocycles. The van der Waals surface area contributed by atoms with Crippen LogP contribution in [0.3, 0.4) is 0 Å². The van der Waals surface area contributed by atoms with Gasteiger partial charge < -0.3 is 24.8 Å². The quantitative estimate of drug-likeness (QED) is 0.570. The molecule has 1 rings (SSSR count). The maximum Gasteiger partial charge on any atom is 0.317 e. The predicted molar refractivity (Wildman–Crippen MR) is 104 cm³/mol. The van der Waals surface area contributed by atoms with Gasteiger partial charge in [-0.05, 0) is 11.6 Å². The van der Waals surface area contributed by atoms with Crippen LogP contribution < -0.4 is 5.32 Å². The second kappa shape index (κ2) is 11.2. The summed E-state index contributed by atoms with van der Waals surface area (Å²) in [5.74, 6) is -1.03. The van der Waals surface area contributed by atoms with Gasteiger partial charge in [-0.25, -0.2) is 9.18 Å². The molecule has 0 bridgehead atoms. The molecular formula is C19H28ClFN2O5. The maximum atomic E-state index is 13.5. The van der Waals surface area contributed by atoms with Crippen LogP contribution in [0.1, 0.15) is 26.3 Å². The highest BCUT2D eigenvalue weighted by atomic mass is 35.5. The van der Waals surface area contributed by atoms with Crippen LogP contribution >= 0.6 is 11.6 Å². The number of carbonyl (C=O) groups is 2. The third-order valence-corrected chi connectivity index (χ3v) is 4.46. The number of amides is 2. The van der Waals surface area contributed by atoms with Crippen molar-refractivity contribution in [1.29, 1.82) is 0 Å². The minimum absolute atomic E-state index is 0.0401. The number of nitrogens with zero attached hydrogens (tertiary/aromatic N) is 1. The van der Waals surface area contributed by atoms with Gasteiger partial charge in [0.1, 0.15) is 12.4 Å². The van der Waals surface area contributed by atoms with E-state index in [1.165, 1.54) is 31.0 Å². The lowest BCUT2D eigenvalue weighted by molar-refractivity contribution is -0.143. The summed E-state index contributed by atoms with van der Waals surface area (Å²) in [6, 6.07) is 3.36. The van der Waals surface area contributed by atoms with Crippen LogP contribution in [0, 0.1) is 11.2 Å². The van der Waals surface area contributed by atoms with E-state index in [1.54, 1.807) is 6.07 Å². The van der Waals surface area contributed by atoms with Crippen LogP contribution in [0.15, 0.2) is 18.2 Å². The highest BCUT2D eigenvalue weighted by molar-refractivity contribution is 6.31. The van der Waals surface area contributed by atoms with Crippen molar-refractivity contribution in [2.45, 2.75) is 33.4 Å². The number of likely N-dealkylation sites (N-methyl/N-ethyl adjacent to an activating group) is 1. The van der Waals surface area contributed by atoms with Gasteiger partial charge in [-0.1, -0.05) is 37.6 Å². The van der Waals surface area contributed by atoms with Crippen LogP contribution in [-0.2, 0) is 20.8 Å². The number of ether oxygens (including phenoxy) is 2. The number of carbonyl (C=O) groups excluding carboxylic acids is 2. The van der Waals surface area contributed by atoms with Crippen molar-refractivity contribution >= 4 is 23.6 Å². The largest absolute Gasteiger partial charge is 0.464 e. The Kier molecular flexibility index (Phi) is 9.64. The number of aliphatic hydroxyl groups is 1. The molecule has 28 heavy (non-hydrogen) atoms. The highest BCUT2D eigenvalue weighted by Crippen LogP contribution is 2.19. The van der Waals surface area contributed by atoms with Crippen LogP contribution in [-0.4, -0.2) is 61.5 Å². The third-order valence-electron chi connectivity index (χ3n) is 4.04. The molecule has 0 spiro atoms. The molecule has 2 amide bonds. The Morgan fingerprint density at radius 1 is 1.36 bits per heavy atom. The Balaban J connectivity index is 2.68. The van der Waals surface area contributed by atoms with E-state index >= 15 is 0 Å². The van der Waals surface area contributed by atoms with Crippen molar-refractivity contribution < 1.29 is 28.6 Å². The molecule has 158 valence electrons. The molecule has 7 nitrogen and oxygen atoms in total. The number of hydrogen-bond donors (Lipinski definition) is 2. The topological polar surface area (TPSA) is 88.1 Å². The molecule has 2 N–H and O–H groups in total. The van der Waals surface area contributed by atoms with E-state index in [9.17, 15) is 19.1 Å². The standard InChI is InChI=1S/C19H28ClFN2O5/c1-13(25)28-10-15(9-27-12-19(2,3)11-24)23(4)18(26)22-8-14-6-5-7-16(21)17(14)20/h5-7,15,24H,8-12H2,1-4H3,(H,22,26). The smallest absolute Gasteiger partial charge is 0.317 e. The van der Waals surface area contributed by atoms with Crippen molar-refractivity contribution in [2.24, 2.45) is 5.41 Å². The molecule has 1 aromatic carbocycles. The first-order valence-corrected chi connectivity index (χ1v) is 9.20. The lowest BCUT2D eigenvalue weighted by atomic mass is 9.97. The fourth-order valence-electron chi connectivity index (χ4n) is 2.15. The van der Waals surface area contributed by atoms with Crippen molar-refractivity contribution in [3.8, 4) is 0 Å². The lowest BCUT2D eigenvalue weighted by Crippen LogP contribution is -2.48. The number of nitrogens with one attached hydrogen (secondary N) is 1. The summed E-state index contributed by atoms with van der Waals surface area (Å²) in [5.41, 5.74) is 0.0157. The first-order chi connectivity index (χ1) is 13.1. The molecule has 0 radical (unpaired) electrons. The fourth-order valence-corrected chi connectivity index (χ4v) is 2.34. The predicted octanol–water partition coefficient (Wildman–Crippen LogP) is 2.59. The minimum atomic E-state index is -0.561. The van der Waals surface area contributed by atoms with E-state index in [4.69, 9.17) is 21.1 Å². The van der Waals surface area contributed by atoms with Crippen molar-refractivity contribution in [3.05, 3.63) is 34.6 Å². The van der Waals surface area contributed by atoms with Gasteiger partial charge in [0.15, 0.2) is 0 Å². The van der Waals surface area contributed by atoms with Crippen LogP contribution in [0.4, 0.5) is 9.18 Å². The Morgan fingerprint density at radius 2 is 2.04 bits per heavy atom. The zero-order valence-electron chi connectivity index (χ0n) is 16.6. The van der Waals surface area contributed by atoms with Gasteiger partial charge in [0, 0.05) is 25.9 Å². The van der Waals surface area contributed by atoms with E-state index in [2.05, 4.69) is 5.32 Å². The molecule has 1 aromatic rings. The van der Waals surface area contributed by atoms with Crippen molar-refractivity contribution in [2.75, 3.05) is 33.5 Å². The lowest BCUT2D eigenvalue weighted by Gasteiger charge is -2.29. The third kappa shape index (κ3) is 8.00. The highest BCUT2D eigenvalue weighted by Gasteiger charge is 2.24. The molecule has 1 unspecified atom stereocenters. The van der Waals surface area contributed by atoms with Gasteiger partial charge in [-0.2, -0.15) is 0 Å². The monoisotopic (exact) mass is 418 g/mol. The summed E-state index contributed by atoms with van der Waals surface area (Å²) in [6.07, 6.45) is 0.